The van der Waals surface area contributed by atoms with Crippen LogP contribution in [0.1, 0.15) is 44.4 Å². The molecule has 0 saturated heterocycles. The summed E-state index contributed by atoms with van der Waals surface area (Å²) in [5.74, 6) is 1.50. The zero-order chi connectivity index (χ0) is 11.4. The Morgan fingerprint density at radius 1 is 0.938 bits per heavy atom. The number of benzene rings is 1. The van der Waals surface area contributed by atoms with Gasteiger partial charge < -0.3 is 0 Å². The zero-order valence-corrected chi connectivity index (χ0v) is 11.4. The third-order valence-corrected chi connectivity index (χ3v) is 2.68. The van der Waals surface area contributed by atoms with Crippen LogP contribution in [0.3, 0.4) is 0 Å². The van der Waals surface area contributed by atoms with Crippen molar-refractivity contribution in [3.8, 4) is 0 Å². The van der Waals surface area contributed by atoms with Crippen LogP contribution in [0, 0.1) is 18.8 Å². The van der Waals surface area contributed by atoms with Gasteiger partial charge in [0.1, 0.15) is 0 Å². The van der Waals surface area contributed by atoms with E-state index in [9.17, 15) is 0 Å². The second kappa shape index (κ2) is 6.78. The van der Waals surface area contributed by atoms with Crippen LogP contribution in [0.4, 0.5) is 0 Å². The molecule has 1 aromatic rings. The molecule has 1 aromatic carbocycles. The minimum absolute atomic E-state index is 0. The van der Waals surface area contributed by atoms with Gasteiger partial charge in [-0.15, -0.1) is 0 Å². The van der Waals surface area contributed by atoms with Gasteiger partial charge in [-0.25, -0.2) is 0 Å². The van der Waals surface area contributed by atoms with Gasteiger partial charge in [0.25, 0.3) is 0 Å². The molecule has 0 unspecified atom stereocenters. The molecular formula is C15H24B. The Hall–Kier alpha value is -0.715. The van der Waals surface area contributed by atoms with E-state index in [4.69, 9.17) is 0 Å². The minimum Gasteiger partial charge on any atom is -0.0625 e. The van der Waals surface area contributed by atoms with Crippen molar-refractivity contribution >= 4 is 8.41 Å². The van der Waals surface area contributed by atoms with Gasteiger partial charge >= 0.3 is 0 Å². The second-order valence-corrected chi connectivity index (χ2v) is 5.46. The van der Waals surface area contributed by atoms with Gasteiger partial charge in [0.2, 0.25) is 0 Å². The molecular weight excluding hydrogens is 191 g/mol. The smallest absolute Gasteiger partial charge is 0 e. The lowest BCUT2D eigenvalue weighted by Gasteiger charge is -2.11. The Morgan fingerprint density at radius 3 is 1.94 bits per heavy atom. The molecule has 0 aliphatic carbocycles. The molecule has 16 heavy (non-hydrogen) atoms. The lowest BCUT2D eigenvalue weighted by molar-refractivity contribution is 0.638. The summed E-state index contributed by atoms with van der Waals surface area (Å²) >= 11 is 0. The van der Waals surface area contributed by atoms with Crippen LogP contribution < -0.4 is 0 Å². The van der Waals surface area contributed by atoms with E-state index in [1.165, 1.54) is 29.5 Å². The zero-order valence-electron chi connectivity index (χ0n) is 11.4. The third kappa shape index (κ3) is 4.87. The minimum atomic E-state index is 0. The van der Waals surface area contributed by atoms with E-state index in [1.807, 2.05) is 0 Å². The van der Waals surface area contributed by atoms with Crippen LogP contribution in [0.2, 0.25) is 0 Å². The maximum absolute atomic E-state index is 2.36. The third-order valence-electron chi connectivity index (χ3n) is 2.68. The van der Waals surface area contributed by atoms with Gasteiger partial charge in [-0.2, -0.15) is 0 Å². The Balaban J connectivity index is 0.00000225. The van der Waals surface area contributed by atoms with E-state index in [1.54, 1.807) is 0 Å². The van der Waals surface area contributed by atoms with E-state index in [0.29, 0.717) is 0 Å². The first-order valence-electron chi connectivity index (χ1n) is 6.07. The molecule has 0 amide bonds. The van der Waals surface area contributed by atoms with E-state index in [-0.39, 0.29) is 8.41 Å². The predicted octanol–water partition coefficient (Wildman–Crippen LogP) is 4.01. The number of aryl methyl sites for hydroxylation is 1. The summed E-state index contributed by atoms with van der Waals surface area (Å²) in [6, 6.07) is 6.97. The second-order valence-electron chi connectivity index (χ2n) is 5.46. The first-order chi connectivity index (χ1) is 6.99. The quantitative estimate of drug-likeness (QED) is 0.665. The molecule has 0 aliphatic heterocycles. The summed E-state index contributed by atoms with van der Waals surface area (Å²) < 4.78 is 0. The summed E-state index contributed by atoms with van der Waals surface area (Å²) in [5.41, 5.74) is 4.45. The number of hydrogen-bond donors (Lipinski definition) is 0. The highest BCUT2D eigenvalue weighted by atomic mass is 14.1. The van der Waals surface area contributed by atoms with Crippen molar-refractivity contribution in [1.82, 2.24) is 0 Å². The van der Waals surface area contributed by atoms with E-state index in [2.05, 4.69) is 52.8 Å². The fourth-order valence-electron chi connectivity index (χ4n) is 2.03. The normalized spacial score (nSPS) is 10.7. The fraction of sp³-hybridized carbons (Fsp3) is 0.600. The van der Waals surface area contributed by atoms with Crippen LogP contribution in [0.15, 0.2) is 18.2 Å². The van der Waals surface area contributed by atoms with Crippen LogP contribution in [0.5, 0.6) is 0 Å². The van der Waals surface area contributed by atoms with Crippen LogP contribution >= 0.6 is 0 Å². The summed E-state index contributed by atoms with van der Waals surface area (Å²) in [6.45, 7) is 11.3. The Kier molecular flexibility index (Phi) is 6.48. The van der Waals surface area contributed by atoms with Gasteiger partial charge in [0.15, 0.2) is 0 Å². The first kappa shape index (κ1) is 15.3. The molecule has 1 heteroatoms. The molecule has 3 radical (unpaired) electrons. The van der Waals surface area contributed by atoms with Crippen molar-refractivity contribution in [3.63, 3.8) is 0 Å². The molecule has 0 saturated carbocycles. The van der Waals surface area contributed by atoms with Crippen molar-refractivity contribution in [3.05, 3.63) is 34.9 Å². The van der Waals surface area contributed by atoms with Crippen molar-refractivity contribution in [2.45, 2.75) is 47.5 Å². The van der Waals surface area contributed by atoms with Crippen LogP contribution in [-0.4, -0.2) is 8.41 Å². The van der Waals surface area contributed by atoms with Crippen molar-refractivity contribution in [1.29, 1.82) is 0 Å². The molecule has 87 valence electrons. The van der Waals surface area contributed by atoms with Gasteiger partial charge in [-0.1, -0.05) is 45.9 Å². The van der Waals surface area contributed by atoms with E-state index >= 15 is 0 Å². The van der Waals surface area contributed by atoms with E-state index < -0.39 is 0 Å². The number of rotatable bonds is 4. The average molecular weight is 215 g/mol. The summed E-state index contributed by atoms with van der Waals surface area (Å²) in [5, 5.41) is 0. The highest BCUT2D eigenvalue weighted by Gasteiger charge is 2.04. The molecule has 0 aliphatic rings. The molecule has 0 N–H and O–H groups in total. The summed E-state index contributed by atoms with van der Waals surface area (Å²) in [4.78, 5) is 0. The van der Waals surface area contributed by atoms with Crippen LogP contribution in [0.25, 0.3) is 0 Å². The topological polar surface area (TPSA) is 0 Å². The number of hydrogen-bond acceptors (Lipinski definition) is 0. The van der Waals surface area contributed by atoms with Crippen LogP contribution in [-0.2, 0) is 12.8 Å². The Morgan fingerprint density at radius 2 is 1.50 bits per heavy atom. The molecule has 0 heterocycles. The lowest BCUT2D eigenvalue weighted by Crippen LogP contribution is -1.99. The molecule has 1 rings (SSSR count). The maximum Gasteiger partial charge on any atom is 0 e. The summed E-state index contributed by atoms with van der Waals surface area (Å²) in [7, 11) is 0. The van der Waals surface area contributed by atoms with Crippen molar-refractivity contribution in [2.24, 2.45) is 11.8 Å². The van der Waals surface area contributed by atoms with Gasteiger partial charge in [-0.05, 0) is 48.3 Å². The SMILES string of the molecule is Cc1cc(CC(C)C)ccc1CC(C)C.[B]. The predicted molar refractivity (Wildman–Crippen MR) is 74.0 cm³/mol. The molecule has 0 atom stereocenters. The maximum atomic E-state index is 2.36. The summed E-state index contributed by atoms with van der Waals surface area (Å²) in [6.07, 6.45) is 2.40. The largest absolute Gasteiger partial charge is 0.0625 e. The lowest BCUT2D eigenvalue weighted by atomic mass is 9.94. The fourth-order valence-corrected chi connectivity index (χ4v) is 2.03. The average Bonchev–Trinajstić information content (AvgIpc) is 2.08. The molecule has 0 spiro atoms. The molecule has 0 nitrogen and oxygen atoms in total. The van der Waals surface area contributed by atoms with Gasteiger partial charge in [0, 0.05) is 8.41 Å². The standard InChI is InChI=1S/C15H24.B/c1-11(2)8-14-6-7-15(9-12(3)4)13(5)10-14;/h6-7,10-12H,8-9H2,1-5H3;. The van der Waals surface area contributed by atoms with Crippen molar-refractivity contribution in [2.75, 3.05) is 0 Å². The molecule has 0 aromatic heterocycles. The molecule has 0 bridgehead atoms. The Labute approximate surface area is 103 Å². The highest BCUT2D eigenvalue weighted by Crippen LogP contribution is 2.17. The molecule has 0 fully saturated rings. The highest BCUT2D eigenvalue weighted by molar-refractivity contribution is 5.75. The Bertz CT molecular complexity index is 313. The van der Waals surface area contributed by atoms with Crippen molar-refractivity contribution < 1.29 is 0 Å². The van der Waals surface area contributed by atoms with Gasteiger partial charge in [-0.3, -0.25) is 0 Å². The monoisotopic (exact) mass is 215 g/mol. The van der Waals surface area contributed by atoms with Gasteiger partial charge in [0.05, 0.1) is 0 Å². The first-order valence-corrected chi connectivity index (χ1v) is 6.07. The van der Waals surface area contributed by atoms with E-state index in [0.717, 1.165) is 11.8 Å².